The van der Waals surface area contributed by atoms with E-state index in [1.807, 2.05) is 12.1 Å². The molecule has 0 saturated carbocycles. The van der Waals surface area contributed by atoms with Crippen molar-refractivity contribution in [2.45, 2.75) is 12.3 Å². The Bertz CT molecular complexity index is 926. The maximum atomic E-state index is 11.6. The monoisotopic (exact) mass is 404 g/mol. The Morgan fingerprint density at radius 3 is 2.81 bits per heavy atom. The fourth-order valence-electron chi connectivity index (χ4n) is 2.37. The maximum Gasteiger partial charge on any atom is 0.235 e. The summed E-state index contributed by atoms with van der Waals surface area (Å²) in [4.78, 5) is 1.68. The minimum absolute atomic E-state index is 0.00961. The summed E-state index contributed by atoms with van der Waals surface area (Å²) in [6, 6.07) is 3.92. The molecule has 3 aromatic rings. The van der Waals surface area contributed by atoms with Crippen LogP contribution in [0.4, 0.5) is 0 Å². The van der Waals surface area contributed by atoms with Crippen molar-refractivity contribution in [1.29, 1.82) is 0 Å². The predicted octanol–water partition coefficient (Wildman–Crippen LogP) is 2.58. The topological polar surface area (TPSA) is 77.2 Å². The minimum Gasteiger partial charge on any atom is -0.229 e. The number of thiophene rings is 1. The first-order valence-corrected chi connectivity index (χ1v) is 10.4. The van der Waals surface area contributed by atoms with Crippen molar-refractivity contribution in [2.24, 2.45) is 0 Å². The molecule has 4 heterocycles. The number of halogens is 1. The van der Waals surface area contributed by atoms with E-state index in [0.29, 0.717) is 17.2 Å². The third-order valence-corrected chi connectivity index (χ3v) is 7.83. The lowest BCUT2D eigenvalue weighted by atomic mass is 10.1. The largest absolute Gasteiger partial charge is 0.235 e. The molecular formula is C11H9BrN4O2S3. The summed E-state index contributed by atoms with van der Waals surface area (Å²) >= 11 is 6.42. The summed E-state index contributed by atoms with van der Waals surface area (Å²) in [6.45, 7) is 0. The molecule has 0 bridgehead atoms. The first-order valence-electron chi connectivity index (χ1n) is 6.20. The first-order chi connectivity index (χ1) is 10.0. The summed E-state index contributed by atoms with van der Waals surface area (Å²) in [5.41, 5.74) is 0. The Morgan fingerprint density at radius 2 is 2.14 bits per heavy atom. The highest BCUT2D eigenvalue weighted by atomic mass is 79.9. The van der Waals surface area contributed by atoms with Crippen molar-refractivity contribution in [1.82, 2.24) is 19.8 Å². The number of hydrogen-bond donors (Lipinski definition) is 0. The average molecular weight is 405 g/mol. The van der Waals surface area contributed by atoms with Crippen LogP contribution in [0.15, 0.2) is 15.9 Å². The van der Waals surface area contributed by atoms with Crippen LogP contribution < -0.4 is 0 Å². The van der Waals surface area contributed by atoms with Crippen molar-refractivity contribution in [3.63, 3.8) is 0 Å². The van der Waals surface area contributed by atoms with Crippen molar-refractivity contribution >= 4 is 53.4 Å². The third-order valence-electron chi connectivity index (χ3n) is 3.38. The maximum absolute atomic E-state index is 11.6. The molecule has 0 aromatic carbocycles. The van der Waals surface area contributed by atoms with Crippen LogP contribution in [0.1, 0.15) is 17.3 Å². The molecule has 0 N–H and O–H groups in total. The van der Waals surface area contributed by atoms with Crippen LogP contribution in [0.2, 0.25) is 0 Å². The Labute approximate surface area is 136 Å². The summed E-state index contributed by atoms with van der Waals surface area (Å²) in [7, 11) is -2.91. The number of nitrogens with zero attached hydrogens (tertiary/aromatic N) is 4. The van der Waals surface area contributed by atoms with E-state index in [2.05, 4.69) is 31.2 Å². The lowest BCUT2D eigenvalue weighted by molar-refractivity contribution is 0.601. The molecule has 0 unspecified atom stereocenters. The molecule has 1 aliphatic heterocycles. The Hall–Kier alpha value is -0.840. The molecule has 21 heavy (non-hydrogen) atoms. The fourth-order valence-corrected chi connectivity index (χ4v) is 6.56. The Balaban J connectivity index is 1.76. The number of fused-ring (bicyclic) bond motifs is 1. The lowest BCUT2D eigenvalue weighted by Crippen LogP contribution is -2.04. The molecule has 1 saturated heterocycles. The molecule has 10 heteroatoms. The van der Waals surface area contributed by atoms with Gasteiger partial charge in [-0.05, 0) is 34.5 Å². The molecular weight excluding hydrogens is 396 g/mol. The van der Waals surface area contributed by atoms with Gasteiger partial charge in [0, 0.05) is 5.92 Å². The summed E-state index contributed by atoms with van der Waals surface area (Å²) < 4.78 is 25.9. The fraction of sp³-hybridized carbons (Fsp3) is 0.364. The zero-order valence-electron chi connectivity index (χ0n) is 10.6. The number of rotatable bonds is 2. The molecule has 0 amide bonds. The van der Waals surface area contributed by atoms with Gasteiger partial charge >= 0.3 is 0 Å². The van der Waals surface area contributed by atoms with Gasteiger partial charge in [-0.3, -0.25) is 0 Å². The van der Waals surface area contributed by atoms with Gasteiger partial charge in [-0.2, -0.15) is 9.61 Å². The van der Waals surface area contributed by atoms with Crippen LogP contribution in [-0.4, -0.2) is 39.7 Å². The standard InChI is InChI=1S/C11H9BrN4O2S3/c12-8-2-1-7(19-8)9-13-14-11-16(9)15-10(20-11)6-3-4-21(17,18)5-6/h1-2,6H,3-5H2/t6-/m1/s1. The second-order valence-electron chi connectivity index (χ2n) is 4.86. The summed E-state index contributed by atoms with van der Waals surface area (Å²) in [5.74, 6) is 1.13. The normalized spacial score (nSPS) is 21.3. The van der Waals surface area contributed by atoms with Crippen LogP contribution in [0, 0.1) is 0 Å². The van der Waals surface area contributed by atoms with Crippen LogP contribution in [-0.2, 0) is 9.84 Å². The predicted molar refractivity (Wildman–Crippen MR) is 85.7 cm³/mol. The lowest BCUT2D eigenvalue weighted by Gasteiger charge is -2.00. The molecule has 6 nitrogen and oxygen atoms in total. The van der Waals surface area contributed by atoms with E-state index in [1.165, 1.54) is 11.3 Å². The van der Waals surface area contributed by atoms with E-state index in [-0.39, 0.29) is 17.4 Å². The summed E-state index contributed by atoms with van der Waals surface area (Å²) in [5, 5.41) is 13.7. The van der Waals surface area contributed by atoms with Crippen LogP contribution in [0.3, 0.4) is 0 Å². The Morgan fingerprint density at radius 1 is 1.29 bits per heavy atom. The molecule has 1 aliphatic rings. The molecule has 0 aliphatic carbocycles. The van der Waals surface area contributed by atoms with Crippen molar-refractivity contribution < 1.29 is 8.42 Å². The number of sulfone groups is 1. The molecule has 4 rings (SSSR count). The van der Waals surface area contributed by atoms with Gasteiger partial charge in [-0.25, -0.2) is 8.42 Å². The van der Waals surface area contributed by atoms with Gasteiger partial charge < -0.3 is 0 Å². The second-order valence-corrected chi connectivity index (χ2v) is 10.5. The van der Waals surface area contributed by atoms with Crippen molar-refractivity contribution in [3.05, 3.63) is 20.9 Å². The highest BCUT2D eigenvalue weighted by molar-refractivity contribution is 9.11. The molecule has 110 valence electrons. The second kappa shape index (κ2) is 4.83. The van der Waals surface area contributed by atoms with Gasteiger partial charge in [0.2, 0.25) is 4.96 Å². The van der Waals surface area contributed by atoms with Crippen molar-refractivity contribution in [3.8, 4) is 10.7 Å². The smallest absolute Gasteiger partial charge is 0.229 e. The highest BCUT2D eigenvalue weighted by Gasteiger charge is 2.32. The molecule has 1 fully saturated rings. The molecule has 0 radical (unpaired) electrons. The van der Waals surface area contributed by atoms with Crippen molar-refractivity contribution in [2.75, 3.05) is 11.5 Å². The van der Waals surface area contributed by atoms with E-state index >= 15 is 0 Å². The number of hydrogen-bond acceptors (Lipinski definition) is 7. The van der Waals surface area contributed by atoms with Gasteiger partial charge in [0.15, 0.2) is 15.7 Å². The summed E-state index contributed by atoms with van der Waals surface area (Å²) in [6.07, 6.45) is 0.645. The quantitative estimate of drug-likeness (QED) is 0.655. The Kier molecular flexibility index (Phi) is 3.18. The van der Waals surface area contributed by atoms with E-state index < -0.39 is 9.84 Å². The van der Waals surface area contributed by atoms with Gasteiger partial charge in [0.05, 0.1) is 20.2 Å². The SMILES string of the molecule is O=S1(=O)CC[C@@H](c2nn3c(-c4ccc(Br)s4)nnc3s2)C1. The van der Waals surface area contributed by atoms with Gasteiger partial charge in [0.1, 0.15) is 5.01 Å². The van der Waals surface area contributed by atoms with Gasteiger partial charge in [0.25, 0.3) is 0 Å². The van der Waals surface area contributed by atoms with E-state index in [0.717, 1.165) is 13.7 Å². The molecule has 0 spiro atoms. The first kappa shape index (κ1) is 13.8. The average Bonchev–Trinajstić information content (AvgIpc) is 3.11. The van der Waals surface area contributed by atoms with Crippen LogP contribution in [0.5, 0.6) is 0 Å². The zero-order valence-corrected chi connectivity index (χ0v) is 14.6. The minimum atomic E-state index is -2.91. The van der Waals surface area contributed by atoms with E-state index in [4.69, 9.17) is 0 Å². The highest BCUT2D eigenvalue weighted by Crippen LogP contribution is 2.34. The van der Waals surface area contributed by atoms with Gasteiger partial charge in [-0.1, -0.05) is 11.3 Å². The third kappa shape index (κ3) is 2.43. The number of aromatic nitrogens is 4. The van der Waals surface area contributed by atoms with E-state index in [9.17, 15) is 8.42 Å². The van der Waals surface area contributed by atoms with Gasteiger partial charge in [-0.15, -0.1) is 21.5 Å². The molecule has 3 aromatic heterocycles. The van der Waals surface area contributed by atoms with E-state index in [1.54, 1.807) is 15.9 Å². The van der Waals surface area contributed by atoms with Crippen LogP contribution >= 0.6 is 38.6 Å². The zero-order chi connectivity index (χ0) is 14.6. The van der Waals surface area contributed by atoms with Crippen LogP contribution in [0.25, 0.3) is 15.7 Å². The molecule has 1 atom stereocenters.